The maximum atomic E-state index is 11.8. The van der Waals surface area contributed by atoms with E-state index in [4.69, 9.17) is 4.74 Å². The normalized spacial score (nSPS) is 50.2. The molecule has 186 valence electrons. The molecule has 12 atom stereocenters. The van der Waals surface area contributed by atoms with Crippen molar-refractivity contribution in [2.24, 2.45) is 52.3 Å². The first kappa shape index (κ1) is 24.9. The van der Waals surface area contributed by atoms with Gasteiger partial charge in [-0.3, -0.25) is 0 Å². The van der Waals surface area contributed by atoms with Gasteiger partial charge in [0.15, 0.2) is 6.29 Å². The molecule has 4 nitrogen and oxygen atoms in total. The van der Waals surface area contributed by atoms with Crippen molar-refractivity contribution in [2.75, 3.05) is 6.61 Å². The van der Waals surface area contributed by atoms with E-state index in [0.29, 0.717) is 53.4 Å². The Morgan fingerprint density at radius 1 is 0.906 bits per heavy atom. The number of hydrogen-bond acceptors (Lipinski definition) is 4. The summed E-state index contributed by atoms with van der Waals surface area (Å²) in [6.07, 6.45) is 9.71. The Morgan fingerprint density at radius 3 is 2.28 bits per heavy atom. The smallest absolute Gasteiger partial charge is 0.154 e. The third-order valence-electron chi connectivity index (χ3n) is 11.4. The summed E-state index contributed by atoms with van der Waals surface area (Å²) in [6.45, 7) is 12.2. The van der Waals surface area contributed by atoms with Crippen LogP contribution < -0.4 is 0 Å². The molecular formula is C28H50O4. The second kappa shape index (κ2) is 9.47. The van der Waals surface area contributed by atoms with Gasteiger partial charge in [-0.25, -0.2) is 0 Å². The lowest BCUT2D eigenvalue weighted by atomic mass is 9.41. The first-order valence-corrected chi connectivity index (χ1v) is 13.8. The molecule has 3 unspecified atom stereocenters. The van der Waals surface area contributed by atoms with Crippen molar-refractivity contribution < 1.29 is 20.1 Å². The van der Waals surface area contributed by atoms with Crippen LogP contribution in [-0.2, 0) is 4.74 Å². The van der Waals surface area contributed by atoms with E-state index in [2.05, 4.69) is 27.7 Å². The molecule has 0 radical (unpaired) electrons. The Hall–Kier alpha value is -0.160. The summed E-state index contributed by atoms with van der Waals surface area (Å²) >= 11 is 0. The minimum absolute atomic E-state index is 0.177. The van der Waals surface area contributed by atoms with Crippen molar-refractivity contribution in [2.45, 2.75) is 117 Å². The van der Waals surface area contributed by atoms with Crippen LogP contribution in [0.15, 0.2) is 0 Å². The van der Waals surface area contributed by atoms with Gasteiger partial charge >= 0.3 is 0 Å². The fourth-order valence-corrected chi connectivity index (χ4v) is 9.81. The fraction of sp³-hybridized carbons (Fsp3) is 1.00. The van der Waals surface area contributed by atoms with E-state index in [-0.39, 0.29) is 17.6 Å². The van der Waals surface area contributed by atoms with Crippen molar-refractivity contribution >= 4 is 0 Å². The van der Waals surface area contributed by atoms with E-state index < -0.39 is 6.29 Å². The highest BCUT2D eigenvalue weighted by molar-refractivity contribution is 5.13. The number of fused-ring (bicyclic) bond motifs is 5. The zero-order valence-electron chi connectivity index (χ0n) is 21.3. The number of hydrogen-bond donors (Lipinski definition) is 3. The lowest BCUT2D eigenvalue weighted by molar-refractivity contribution is -0.203. The highest BCUT2D eigenvalue weighted by atomic mass is 16.6. The molecule has 0 spiro atoms. The molecule has 0 saturated heterocycles. The van der Waals surface area contributed by atoms with Gasteiger partial charge < -0.3 is 20.1 Å². The Kier molecular flexibility index (Phi) is 7.39. The molecular weight excluding hydrogens is 400 g/mol. The van der Waals surface area contributed by atoms with Gasteiger partial charge in [0.25, 0.3) is 0 Å². The highest BCUT2D eigenvalue weighted by Crippen LogP contribution is 2.69. The van der Waals surface area contributed by atoms with Crippen molar-refractivity contribution in [3.05, 3.63) is 0 Å². The van der Waals surface area contributed by atoms with Gasteiger partial charge in [-0.1, -0.05) is 34.1 Å². The topological polar surface area (TPSA) is 69.9 Å². The minimum Gasteiger partial charge on any atom is -0.393 e. The summed E-state index contributed by atoms with van der Waals surface area (Å²) < 4.78 is 5.37. The number of ether oxygens (including phenoxy) is 1. The molecule has 4 saturated carbocycles. The van der Waals surface area contributed by atoms with Gasteiger partial charge in [0, 0.05) is 6.61 Å². The maximum absolute atomic E-state index is 11.8. The van der Waals surface area contributed by atoms with Crippen LogP contribution in [0.5, 0.6) is 0 Å². The standard InChI is InChI=1S/C28H50O4/c1-6-19-23-16-18(29)12-14-28(23,5)22-13-15-27(4)20(9-10-21(27)25(22)26(19)31)17(3)8-11-24(30)32-7-2/h17-26,29-31H,6-16H2,1-5H3/t17-,18-,19-,20?,21+,22?,23+,24-,25?,26-,27-,28-/m1/s1. The summed E-state index contributed by atoms with van der Waals surface area (Å²) in [5.41, 5.74) is 0.574. The second-order valence-electron chi connectivity index (χ2n) is 12.6. The lowest BCUT2D eigenvalue weighted by Crippen LogP contribution is -2.62. The SMILES string of the molecule is CCO[C@@H](O)CC[C@@H](C)C1CC[C@H]2C3C(CC[C@]12C)[C@@]1(C)CC[C@@H](O)C[C@H]1[C@@H](CC)[C@H]3O. The monoisotopic (exact) mass is 450 g/mol. The molecule has 32 heavy (non-hydrogen) atoms. The molecule has 0 aromatic carbocycles. The first-order chi connectivity index (χ1) is 15.2. The molecule has 0 aliphatic heterocycles. The largest absolute Gasteiger partial charge is 0.393 e. The van der Waals surface area contributed by atoms with E-state index in [1.807, 2.05) is 6.92 Å². The summed E-state index contributed by atoms with van der Waals surface area (Å²) in [5.74, 6) is 3.68. The van der Waals surface area contributed by atoms with E-state index in [0.717, 1.165) is 38.5 Å². The van der Waals surface area contributed by atoms with Crippen molar-refractivity contribution in [3.8, 4) is 0 Å². The molecule has 0 amide bonds. The quantitative estimate of drug-likeness (QED) is 0.455. The van der Waals surface area contributed by atoms with E-state index in [1.54, 1.807) is 0 Å². The predicted molar refractivity (Wildman–Crippen MR) is 128 cm³/mol. The molecule has 0 aromatic heterocycles. The highest BCUT2D eigenvalue weighted by Gasteiger charge is 2.64. The molecule has 0 heterocycles. The number of rotatable bonds is 7. The van der Waals surface area contributed by atoms with Gasteiger partial charge in [-0.05, 0) is 117 Å². The zero-order valence-corrected chi connectivity index (χ0v) is 21.3. The predicted octanol–water partition coefficient (Wildman–Crippen LogP) is 5.38. The molecule has 4 fully saturated rings. The Bertz CT molecular complexity index is 639. The van der Waals surface area contributed by atoms with Gasteiger partial charge in [-0.15, -0.1) is 0 Å². The van der Waals surface area contributed by atoms with Crippen molar-refractivity contribution in [1.82, 2.24) is 0 Å². The van der Waals surface area contributed by atoms with Crippen LogP contribution >= 0.6 is 0 Å². The summed E-state index contributed by atoms with van der Waals surface area (Å²) in [7, 11) is 0. The molecule has 4 heteroatoms. The van der Waals surface area contributed by atoms with E-state index in [1.165, 1.54) is 25.7 Å². The summed E-state index contributed by atoms with van der Waals surface area (Å²) in [4.78, 5) is 0. The molecule has 0 aromatic rings. The van der Waals surface area contributed by atoms with Crippen molar-refractivity contribution in [3.63, 3.8) is 0 Å². The third kappa shape index (κ3) is 3.99. The fourth-order valence-electron chi connectivity index (χ4n) is 9.81. The third-order valence-corrected chi connectivity index (χ3v) is 11.4. The van der Waals surface area contributed by atoms with Crippen LogP contribution in [0.2, 0.25) is 0 Å². The van der Waals surface area contributed by atoms with Crippen LogP contribution in [0.1, 0.15) is 98.8 Å². The van der Waals surface area contributed by atoms with Crippen LogP contribution in [-0.4, -0.2) is 40.4 Å². The Labute approximate surface area is 196 Å². The van der Waals surface area contributed by atoms with Gasteiger partial charge in [-0.2, -0.15) is 0 Å². The van der Waals surface area contributed by atoms with Crippen LogP contribution in [0.4, 0.5) is 0 Å². The van der Waals surface area contributed by atoms with Crippen LogP contribution in [0.3, 0.4) is 0 Å². The van der Waals surface area contributed by atoms with Crippen molar-refractivity contribution in [1.29, 1.82) is 0 Å². The number of aliphatic hydroxyl groups is 3. The Morgan fingerprint density at radius 2 is 1.59 bits per heavy atom. The van der Waals surface area contributed by atoms with Gasteiger partial charge in [0.05, 0.1) is 12.2 Å². The number of aliphatic hydroxyl groups excluding tert-OH is 3. The van der Waals surface area contributed by atoms with Crippen LogP contribution in [0.25, 0.3) is 0 Å². The Balaban J connectivity index is 1.55. The molecule has 0 bridgehead atoms. The minimum atomic E-state index is -0.632. The van der Waals surface area contributed by atoms with E-state index in [9.17, 15) is 15.3 Å². The van der Waals surface area contributed by atoms with Gasteiger partial charge in [0.1, 0.15) is 0 Å². The molecule has 4 rings (SSSR count). The average Bonchev–Trinajstić information content (AvgIpc) is 3.11. The zero-order chi connectivity index (χ0) is 23.3. The molecule has 4 aliphatic rings. The summed E-state index contributed by atoms with van der Waals surface area (Å²) in [5, 5.41) is 32.3. The lowest BCUT2D eigenvalue weighted by Gasteiger charge is -2.64. The molecule has 3 N–H and O–H groups in total. The second-order valence-corrected chi connectivity index (χ2v) is 12.6. The van der Waals surface area contributed by atoms with E-state index >= 15 is 0 Å². The average molecular weight is 451 g/mol. The maximum Gasteiger partial charge on any atom is 0.154 e. The molecule has 4 aliphatic carbocycles. The van der Waals surface area contributed by atoms with Crippen LogP contribution in [0, 0.1) is 52.3 Å². The summed E-state index contributed by atoms with van der Waals surface area (Å²) in [6, 6.07) is 0. The first-order valence-electron chi connectivity index (χ1n) is 13.8. The van der Waals surface area contributed by atoms with Gasteiger partial charge in [0.2, 0.25) is 0 Å².